The first-order valence-corrected chi connectivity index (χ1v) is 6.08. The molecule has 0 aliphatic rings. The van der Waals surface area contributed by atoms with E-state index in [4.69, 9.17) is 10.2 Å². The van der Waals surface area contributed by atoms with Crippen LogP contribution < -0.4 is 5.73 Å². The zero-order valence-corrected chi connectivity index (χ0v) is 10.7. The second-order valence-electron chi connectivity index (χ2n) is 4.75. The lowest BCUT2D eigenvalue weighted by molar-refractivity contribution is 0.155. The first-order valence-electron chi connectivity index (χ1n) is 6.08. The molecule has 0 fully saturated rings. The molecule has 1 rings (SSSR count). The number of hydrogen-bond donors (Lipinski definition) is 1. The van der Waals surface area contributed by atoms with Crippen molar-refractivity contribution < 1.29 is 4.42 Å². The van der Waals surface area contributed by atoms with E-state index in [1.807, 2.05) is 12.1 Å². The van der Waals surface area contributed by atoms with E-state index in [2.05, 4.69) is 25.7 Å². The van der Waals surface area contributed by atoms with Crippen LogP contribution in [0.25, 0.3) is 0 Å². The molecule has 16 heavy (non-hydrogen) atoms. The van der Waals surface area contributed by atoms with Crippen LogP contribution in [0.15, 0.2) is 22.8 Å². The molecule has 0 amide bonds. The van der Waals surface area contributed by atoms with Crippen LogP contribution in [0.5, 0.6) is 0 Å². The van der Waals surface area contributed by atoms with Gasteiger partial charge in [-0.05, 0) is 37.1 Å². The van der Waals surface area contributed by atoms with E-state index in [0.29, 0.717) is 0 Å². The molecule has 92 valence electrons. The van der Waals surface area contributed by atoms with Gasteiger partial charge in [0.15, 0.2) is 0 Å². The van der Waals surface area contributed by atoms with Crippen molar-refractivity contribution in [3.63, 3.8) is 0 Å². The fraction of sp³-hybridized carbons (Fsp3) is 0.692. The lowest BCUT2D eigenvalue weighted by Gasteiger charge is -2.33. The monoisotopic (exact) mass is 224 g/mol. The molecule has 0 aliphatic heterocycles. The van der Waals surface area contributed by atoms with Gasteiger partial charge in [0.25, 0.3) is 0 Å². The van der Waals surface area contributed by atoms with Crippen molar-refractivity contribution in [1.82, 2.24) is 4.90 Å². The van der Waals surface area contributed by atoms with Gasteiger partial charge in [-0.2, -0.15) is 0 Å². The third-order valence-corrected chi connectivity index (χ3v) is 3.36. The Morgan fingerprint density at radius 3 is 2.62 bits per heavy atom. The van der Waals surface area contributed by atoms with E-state index in [-0.39, 0.29) is 5.41 Å². The average Bonchev–Trinajstić information content (AvgIpc) is 2.80. The van der Waals surface area contributed by atoms with Gasteiger partial charge in [-0.25, -0.2) is 0 Å². The fourth-order valence-corrected chi connectivity index (χ4v) is 1.76. The van der Waals surface area contributed by atoms with Gasteiger partial charge in [-0.1, -0.05) is 20.8 Å². The van der Waals surface area contributed by atoms with Crippen LogP contribution in [0.2, 0.25) is 0 Å². The minimum Gasteiger partial charge on any atom is -0.468 e. The molecule has 1 heterocycles. The molecule has 0 saturated heterocycles. The van der Waals surface area contributed by atoms with Crippen molar-refractivity contribution in [2.75, 3.05) is 19.6 Å². The zero-order chi connectivity index (χ0) is 12.0. The Labute approximate surface area is 98.6 Å². The molecule has 3 heteroatoms. The molecule has 2 N–H and O–H groups in total. The lowest BCUT2D eigenvalue weighted by atomic mass is 9.87. The molecule has 1 unspecified atom stereocenters. The van der Waals surface area contributed by atoms with Crippen molar-refractivity contribution in [1.29, 1.82) is 0 Å². The number of hydrogen-bond acceptors (Lipinski definition) is 3. The average molecular weight is 224 g/mol. The summed E-state index contributed by atoms with van der Waals surface area (Å²) in [5, 5.41) is 0. The number of nitrogens with zero attached hydrogens (tertiary/aromatic N) is 1. The Morgan fingerprint density at radius 2 is 2.19 bits per heavy atom. The minimum atomic E-state index is 0.211. The molecular formula is C13H24N2O. The highest BCUT2D eigenvalue weighted by molar-refractivity contribution is 4.98. The maximum absolute atomic E-state index is 5.84. The topological polar surface area (TPSA) is 42.4 Å². The molecule has 1 aromatic heterocycles. The Balaban J connectivity index is 2.55. The van der Waals surface area contributed by atoms with Crippen LogP contribution in [0.3, 0.4) is 0 Å². The number of nitrogens with two attached hydrogens (primary N) is 1. The molecule has 1 aromatic rings. The molecule has 0 radical (unpaired) electrons. The Bertz CT molecular complexity index is 278. The lowest BCUT2D eigenvalue weighted by Crippen LogP contribution is -2.40. The van der Waals surface area contributed by atoms with Crippen molar-refractivity contribution in [2.24, 2.45) is 11.1 Å². The van der Waals surface area contributed by atoms with E-state index in [1.54, 1.807) is 6.26 Å². The third kappa shape index (κ3) is 3.65. The second-order valence-corrected chi connectivity index (χ2v) is 4.75. The summed E-state index contributed by atoms with van der Waals surface area (Å²) in [6.07, 6.45) is 2.84. The number of rotatable bonds is 7. The van der Waals surface area contributed by atoms with Gasteiger partial charge in [0, 0.05) is 6.54 Å². The van der Waals surface area contributed by atoms with Gasteiger partial charge in [-0.3, -0.25) is 4.90 Å². The third-order valence-electron chi connectivity index (χ3n) is 3.36. The highest BCUT2D eigenvalue weighted by Gasteiger charge is 2.23. The van der Waals surface area contributed by atoms with Crippen molar-refractivity contribution in [2.45, 2.75) is 33.7 Å². The van der Waals surface area contributed by atoms with Crippen LogP contribution in [-0.4, -0.2) is 24.5 Å². The first kappa shape index (κ1) is 13.3. The summed E-state index contributed by atoms with van der Waals surface area (Å²) in [6, 6.07) is 3.96. The maximum atomic E-state index is 5.84. The van der Waals surface area contributed by atoms with Crippen LogP contribution in [-0.2, 0) is 6.54 Å². The minimum absolute atomic E-state index is 0.211. The van der Waals surface area contributed by atoms with E-state index in [0.717, 1.165) is 38.4 Å². The van der Waals surface area contributed by atoms with Crippen molar-refractivity contribution >= 4 is 0 Å². The molecule has 1 atom stereocenters. The van der Waals surface area contributed by atoms with Crippen LogP contribution in [0.1, 0.15) is 33.0 Å². The summed E-state index contributed by atoms with van der Waals surface area (Å²) in [5.41, 5.74) is 6.05. The number of furan rings is 1. The highest BCUT2D eigenvalue weighted by Crippen LogP contribution is 2.21. The summed E-state index contributed by atoms with van der Waals surface area (Å²) >= 11 is 0. The Hall–Kier alpha value is -0.800. The van der Waals surface area contributed by atoms with E-state index in [9.17, 15) is 0 Å². The highest BCUT2D eigenvalue weighted by atomic mass is 16.3. The van der Waals surface area contributed by atoms with Crippen molar-refractivity contribution in [3.05, 3.63) is 24.2 Å². The smallest absolute Gasteiger partial charge is 0.117 e. The molecule has 0 aromatic carbocycles. The summed E-state index contributed by atoms with van der Waals surface area (Å²) < 4.78 is 5.37. The normalized spacial score (nSPS) is 15.3. The second kappa shape index (κ2) is 6.06. The summed E-state index contributed by atoms with van der Waals surface area (Å²) in [5.74, 6) is 1.03. The summed E-state index contributed by atoms with van der Waals surface area (Å²) in [6.45, 7) is 10.3. The van der Waals surface area contributed by atoms with Gasteiger partial charge < -0.3 is 10.2 Å². The Morgan fingerprint density at radius 1 is 1.44 bits per heavy atom. The molecular weight excluding hydrogens is 200 g/mol. The molecule has 0 saturated carbocycles. The van der Waals surface area contributed by atoms with Gasteiger partial charge in [0.2, 0.25) is 0 Å². The SMILES string of the molecule is CCN(Cc1ccco1)CC(C)(CC)CN. The molecule has 0 bridgehead atoms. The Kier molecular flexibility index (Phi) is 5.03. The fourth-order valence-electron chi connectivity index (χ4n) is 1.76. The molecule has 0 spiro atoms. The first-order chi connectivity index (χ1) is 7.63. The van der Waals surface area contributed by atoms with Crippen LogP contribution >= 0.6 is 0 Å². The van der Waals surface area contributed by atoms with Gasteiger partial charge in [-0.15, -0.1) is 0 Å². The van der Waals surface area contributed by atoms with Crippen LogP contribution in [0, 0.1) is 5.41 Å². The molecule has 0 aliphatic carbocycles. The van der Waals surface area contributed by atoms with Crippen LogP contribution in [0.4, 0.5) is 0 Å². The van der Waals surface area contributed by atoms with E-state index in [1.165, 1.54) is 0 Å². The van der Waals surface area contributed by atoms with Gasteiger partial charge >= 0.3 is 0 Å². The van der Waals surface area contributed by atoms with Gasteiger partial charge in [0.1, 0.15) is 5.76 Å². The molecule has 3 nitrogen and oxygen atoms in total. The predicted octanol–water partition coefficient (Wildman–Crippen LogP) is 2.48. The van der Waals surface area contributed by atoms with Gasteiger partial charge in [0.05, 0.1) is 12.8 Å². The summed E-state index contributed by atoms with van der Waals surface area (Å²) in [7, 11) is 0. The maximum Gasteiger partial charge on any atom is 0.117 e. The van der Waals surface area contributed by atoms with E-state index < -0.39 is 0 Å². The van der Waals surface area contributed by atoms with E-state index >= 15 is 0 Å². The largest absolute Gasteiger partial charge is 0.468 e. The van der Waals surface area contributed by atoms with Crippen molar-refractivity contribution in [3.8, 4) is 0 Å². The standard InChI is InChI=1S/C13H24N2O/c1-4-13(3,10-14)11-15(5-2)9-12-7-6-8-16-12/h6-8H,4-5,9-11,14H2,1-3H3. The quantitative estimate of drug-likeness (QED) is 0.773. The predicted molar refractivity (Wildman–Crippen MR) is 67.1 cm³/mol. The summed E-state index contributed by atoms with van der Waals surface area (Å²) in [4.78, 5) is 2.38. The zero-order valence-electron chi connectivity index (χ0n) is 10.7.